The Hall–Kier alpha value is -0.740. The Kier molecular flexibility index (Phi) is 5.78. The second-order valence-electron chi connectivity index (χ2n) is 3.68. The monoisotopic (exact) mass is 276 g/mol. The van der Waals surface area contributed by atoms with E-state index in [1.807, 2.05) is 0 Å². The summed E-state index contributed by atoms with van der Waals surface area (Å²) in [4.78, 5) is 11.2. The van der Waals surface area contributed by atoms with Crippen LogP contribution >= 0.6 is 23.4 Å². The van der Waals surface area contributed by atoms with E-state index in [2.05, 4.69) is 4.74 Å². The fourth-order valence-corrected chi connectivity index (χ4v) is 2.60. The maximum atomic E-state index is 13.0. The predicted molar refractivity (Wildman–Crippen MR) is 68.8 cm³/mol. The number of carbonyl (C=O) groups excluding carboxylic acids is 1. The lowest BCUT2D eigenvalue weighted by Crippen LogP contribution is -2.14. The number of methoxy groups -OCH3 is 1. The van der Waals surface area contributed by atoms with E-state index < -0.39 is 0 Å². The third-order valence-electron chi connectivity index (χ3n) is 2.24. The van der Waals surface area contributed by atoms with E-state index in [9.17, 15) is 9.18 Å². The minimum atomic E-state index is -0.300. The van der Waals surface area contributed by atoms with E-state index in [1.54, 1.807) is 6.92 Å². The largest absolute Gasteiger partial charge is 0.469 e. The Morgan fingerprint density at radius 2 is 2.29 bits per heavy atom. The SMILES string of the molecule is COC(=O)C(C)CSCc1cc(F)ccc1Cl. The lowest BCUT2D eigenvalue weighted by atomic mass is 10.2. The number of thioether (sulfide) groups is 1. The van der Waals surface area contributed by atoms with E-state index in [4.69, 9.17) is 11.6 Å². The van der Waals surface area contributed by atoms with Gasteiger partial charge < -0.3 is 4.74 Å². The standard InChI is InChI=1S/C12H14ClFO2S/c1-8(12(15)16-2)6-17-7-9-5-10(14)3-4-11(9)13/h3-5,8H,6-7H2,1-2H3. The van der Waals surface area contributed by atoms with Crippen molar-refractivity contribution in [3.63, 3.8) is 0 Å². The second-order valence-corrected chi connectivity index (χ2v) is 5.11. The average Bonchev–Trinajstić information content (AvgIpc) is 2.32. The first-order valence-corrected chi connectivity index (χ1v) is 6.67. The van der Waals surface area contributed by atoms with Crippen LogP contribution in [0.25, 0.3) is 0 Å². The van der Waals surface area contributed by atoms with Gasteiger partial charge in [0.15, 0.2) is 0 Å². The lowest BCUT2D eigenvalue weighted by molar-refractivity contribution is -0.143. The smallest absolute Gasteiger partial charge is 0.309 e. The molecule has 0 amide bonds. The molecule has 5 heteroatoms. The predicted octanol–water partition coefficient (Wildman–Crippen LogP) is 3.52. The summed E-state index contributed by atoms with van der Waals surface area (Å²) in [5.74, 6) is 0.503. The van der Waals surface area contributed by atoms with Crippen LogP contribution in [0, 0.1) is 11.7 Å². The summed E-state index contributed by atoms with van der Waals surface area (Å²) >= 11 is 7.46. The molecule has 0 spiro atoms. The van der Waals surface area contributed by atoms with Crippen molar-refractivity contribution in [3.05, 3.63) is 34.6 Å². The molecule has 94 valence electrons. The molecule has 0 aromatic heterocycles. The van der Waals surface area contributed by atoms with Crippen molar-refractivity contribution in [1.29, 1.82) is 0 Å². The van der Waals surface area contributed by atoms with E-state index in [0.29, 0.717) is 16.5 Å². The molecule has 0 aliphatic carbocycles. The molecule has 2 nitrogen and oxygen atoms in total. The van der Waals surface area contributed by atoms with Crippen LogP contribution in [0.2, 0.25) is 5.02 Å². The number of benzene rings is 1. The molecule has 0 aliphatic rings. The summed E-state index contributed by atoms with van der Waals surface area (Å²) in [6.45, 7) is 1.80. The van der Waals surface area contributed by atoms with Gasteiger partial charge in [-0.25, -0.2) is 4.39 Å². The van der Waals surface area contributed by atoms with Crippen LogP contribution < -0.4 is 0 Å². The molecular weight excluding hydrogens is 263 g/mol. The van der Waals surface area contributed by atoms with Gasteiger partial charge in [0.05, 0.1) is 13.0 Å². The molecule has 1 atom stereocenters. The Balaban J connectivity index is 2.45. The van der Waals surface area contributed by atoms with Crippen LogP contribution in [-0.4, -0.2) is 18.8 Å². The first-order valence-electron chi connectivity index (χ1n) is 5.14. The minimum absolute atomic E-state index is 0.169. The average molecular weight is 277 g/mol. The number of rotatable bonds is 5. The molecule has 1 aromatic rings. The zero-order chi connectivity index (χ0) is 12.8. The van der Waals surface area contributed by atoms with Crippen molar-refractivity contribution in [2.24, 2.45) is 5.92 Å². The molecule has 0 saturated heterocycles. The van der Waals surface area contributed by atoms with Crippen molar-refractivity contribution in [3.8, 4) is 0 Å². The summed E-state index contributed by atoms with van der Waals surface area (Å²) in [5.41, 5.74) is 0.744. The van der Waals surface area contributed by atoms with Crippen molar-refractivity contribution in [1.82, 2.24) is 0 Å². The highest BCUT2D eigenvalue weighted by atomic mass is 35.5. The molecule has 0 fully saturated rings. The summed E-state index contributed by atoms with van der Waals surface area (Å²) in [6, 6.07) is 4.28. The fourth-order valence-electron chi connectivity index (χ4n) is 1.27. The highest BCUT2D eigenvalue weighted by molar-refractivity contribution is 7.98. The third-order valence-corrected chi connectivity index (χ3v) is 3.86. The molecule has 0 N–H and O–H groups in total. The fraction of sp³-hybridized carbons (Fsp3) is 0.417. The van der Waals surface area contributed by atoms with Gasteiger partial charge in [-0.3, -0.25) is 4.79 Å². The molecule has 1 unspecified atom stereocenters. The van der Waals surface area contributed by atoms with Crippen molar-refractivity contribution in [2.75, 3.05) is 12.9 Å². The first kappa shape index (κ1) is 14.3. The van der Waals surface area contributed by atoms with Gasteiger partial charge in [0.1, 0.15) is 5.82 Å². The molecule has 0 bridgehead atoms. The van der Waals surface area contributed by atoms with Gasteiger partial charge in [0, 0.05) is 16.5 Å². The number of esters is 1. The Labute approximate surface area is 109 Å². The normalized spacial score (nSPS) is 12.2. The first-order chi connectivity index (χ1) is 8.04. The van der Waals surface area contributed by atoms with Crippen LogP contribution in [-0.2, 0) is 15.3 Å². The van der Waals surface area contributed by atoms with Gasteiger partial charge in [0.2, 0.25) is 0 Å². The highest BCUT2D eigenvalue weighted by Gasteiger charge is 2.13. The summed E-state index contributed by atoms with van der Waals surface area (Å²) in [7, 11) is 1.37. The van der Waals surface area contributed by atoms with Gasteiger partial charge in [-0.15, -0.1) is 0 Å². The maximum absolute atomic E-state index is 13.0. The van der Waals surface area contributed by atoms with Gasteiger partial charge in [-0.2, -0.15) is 11.8 Å². The molecule has 0 saturated carbocycles. The quantitative estimate of drug-likeness (QED) is 0.770. The van der Waals surface area contributed by atoms with Crippen LogP contribution in [0.5, 0.6) is 0 Å². The third kappa shape index (κ3) is 4.56. The van der Waals surface area contributed by atoms with Gasteiger partial charge in [-0.1, -0.05) is 18.5 Å². The molecule has 1 aromatic carbocycles. The number of carbonyl (C=O) groups is 1. The van der Waals surface area contributed by atoms with E-state index in [0.717, 1.165) is 5.56 Å². The number of hydrogen-bond acceptors (Lipinski definition) is 3. The Morgan fingerprint density at radius 3 is 2.94 bits per heavy atom. The van der Waals surface area contributed by atoms with E-state index in [1.165, 1.54) is 37.1 Å². The summed E-state index contributed by atoms with van der Waals surface area (Å²) in [5, 5.41) is 0.546. The van der Waals surface area contributed by atoms with E-state index in [-0.39, 0.29) is 17.7 Å². The number of ether oxygens (including phenoxy) is 1. The zero-order valence-electron chi connectivity index (χ0n) is 9.70. The molecular formula is C12H14ClFO2S. The van der Waals surface area contributed by atoms with E-state index >= 15 is 0 Å². The van der Waals surface area contributed by atoms with Crippen molar-refractivity contribution < 1.29 is 13.9 Å². The molecule has 0 aliphatic heterocycles. The molecule has 0 radical (unpaired) electrons. The summed E-state index contributed by atoms with van der Waals surface area (Å²) in [6.07, 6.45) is 0. The van der Waals surface area contributed by atoms with Crippen LogP contribution in [0.15, 0.2) is 18.2 Å². The van der Waals surface area contributed by atoms with Crippen molar-refractivity contribution >= 4 is 29.3 Å². The number of hydrogen-bond donors (Lipinski definition) is 0. The summed E-state index contributed by atoms with van der Waals surface area (Å²) < 4.78 is 17.6. The van der Waals surface area contributed by atoms with Crippen LogP contribution in [0.1, 0.15) is 12.5 Å². The Morgan fingerprint density at radius 1 is 1.59 bits per heavy atom. The van der Waals surface area contributed by atoms with Gasteiger partial charge in [-0.05, 0) is 23.8 Å². The van der Waals surface area contributed by atoms with Gasteiger partial charge in [0.25, 0.3) is 0 Å². The highest BCUT2D eigenvalue weighted by Crippen LogP contribution is 2.23. The maximum Gasteiger partial charge on any atom is 0.309 e. The van der Waals surface area contributed by atoms with Gasteiger partial charge >= 0.3 is 5.97 Å². The van der Waals surface area contributed by atoms with Crippen LogP contribution in [0.3, 0.4) is 0 Å². The van der Waals surface area contributed by atoms with Crippen molar-refractivity contribution in [2.45, 2.75) is 12.7 Å². The molecule has 1 rings (SSSR count). The second kappa shape index (κ2) is 6.87. The van der Waals surface area contributed by atoms with Crippen LogP contribution in [0.4, 0.5) is 4.39 Å². The Bertz CT molecular complexity index is 398. The molecule has 0 heterocycles. The molecule has 17 heavy (non-hydrogen) atoms. The topological polar surface area (TPSA) is 26.3 Å². The number of halogens is 2. The lowest BCUT2D eigenvalue weighted by Gasteiger charge is -2.09. The zero-order valence-corrected chi connectivity index (χ0v) is 11.3. The minimum Gasteiger partial charge on any atom is -0.469 e.